The molecule has 100 valence electrons. The highest BCUT2D eigenvalue weighted by atomic mass is 32.2. The summed E-state index contributed by atoms with van der Waals surface area (Å²) in [5.41, 5.74) is 5.97. The number of thiocarbonyl (C=S) groups is 1. The fourth-order valence-corrected chi connectivity index (χ4v) is 2.85. The number of sulfonamides is 1. The first kappa shape index (κ1) is 15.0. The molecule has 0 bridgehead atoms. The van der Waals surface area contributed by atoms with Gasteiger partial charge in [-0.2, -0.15) is 4.31 Å². The molecular weight excluding hydrogens is 272 g/mol. The summed E-state index contributed by atoms with van der Waals surface area (Å²) in [5.74, 6) is 0. The topological polar surface area (TPSA) is 83.6 Å². The minimum atomic E-state index is -3.65. The van der Waals surface area contributed by atoms with Gasteiger partial charge < -0.3 is 10.8 Å². The molecule has 18 heavy (non-hydrogen) atoms. The molecular formula is C11H16N2O3S2. The molecule has 0 fully saturated rings. The quantitative estimate of drug-likeness (QED) is 0.763. The summed E-state index contributed by atoms with van der Waals surface area (Å²) in [6.07, 6.45) is 0. The van der Waals surface area contributed by atoms with Crippen LogP contribution in [-0.2, 0) is 10.0 Å². The van der Waals surface area contributed by atoms with Gasteiger partial charge in [0.05, 0.1) is 11.5 Å². The second-order valence-corrected chi connectivity index (χ2v) is 6.38. The van der Waals surface area contributed by atoms with E-state index in [1.165, 1.54) is 19.2 Å². The van der Waals surface area contributed by atoms with Gasteiger partial charge in [-0.1, -0.05) is 24.4 Å². The van der Waals surface area contributed by atoms with Gasteiger partial charge in [-0.3, -0.25) is 0 Å². The van der Waals surface area contributed by atoms with Gasteiger partial charge in [-0.05, 0) is 19.1 Å². The van der Waals surface area contributed by atoms with Crippen molar-refractivity contribution in [3.8, 4) is 0 Å². The van der Waals surface area contributed by atoms with Crippen molar-refractivity contribution in [3.63, 3.8) is 0 Å². The van der Waals surface area contributed by atoms with Crippen molar-refractivity contribution in [1.29, 1.82) is 0 Å². The lowest BCUT2D eigenvalue weighted by Crippen LogP contribution is -2.37. The minimum Gasteiger partial charge on any atom is -0.395 e. The summed E-state index contributed by atoms with van der Waals surface area (Å²) in [5, 5.41) is 9.01. The summed E-state index contributed by atoms with van der Waals surface area (Å²) in [7, 11) is -2.23. The van der Waals surface area contributed by atoms with E-state index in [9.17, 15) is 8.42 Å². The van der Waals surface area contributed by atoms with Crippen molar-refractivity contribution in [3.05, 3.63) is 29.8 Å². The van der Waals surface area contributed by atoms with Crippen molar-refractivity contribution < 1.29 is 13.5 Å². The predicted octanol–water partition coefficient (Wildman–Crippen LogP) is 0.322. The molecule has 1 unspecified atom stereocenters. The Hall–Kier alpha value is -1.02. The van der Waals surface area contributed by atoms with E-state index in [-0.39, 0.29) is 16.5 Å². The van der Waals surface area contributed by atoms with E-state index in [0.29, 0.717) is 5.56 Å². The molecule has 0 aliphatic carbocycles. The van der Waals surface area contributed by atoms with Crippen molar-refractivity contribution in [1.82, 2.24) is 4.31 Å². The predicted molar refractivity (Wildman–Crippen MR) is 73.8 cm³/mol. The zero-order valence-corrected chi connectivity index (χ0v) is 11.8. The molecule has 0 radical (unpaired) electrons. The monoisotopic (exact) mass is 288 g/mol. The molecule has 0 spiro atoms. The lowest BCUT2D eigenvalue weighted by Gasteiger charge is -2.22. The molecule has 1 rings (SSSR count). The number of hydrogen-bond donors (Lipinski definition) is 2. The van der Waals surface area contributed by atoms with E-state index in [1.54, 1.807) is 19.1 Å². The summed E-state index contributed by atoms with van der Waals surface area (Å²) in [6, 6.07) is 5.63. The van der Waals surface area contributed by atoms with Gasteiger partial charge in [-0.25, -0.2) is 8.42 Å². The van der Waals surface area contributed by atoms with Crippen LogP contribution in [0, 0.1) is 0 Å². The highest BCUT2D eigenvalue weighted by Crippen LogP contribution is 2.17. The lowest BCUT2D eigenvalue weighted by atomic mass is 10.2. The average Bonchev–Trinajstić information content (AvgIpc) is 2.36. The van der Waals surface area contributed by atoms with E-state index in [1.807, 2.05) is 0 Å². The third kappa shape index (κ3) is 3.05. The Balaban J connectivity index is 3.20. The highest BCUT2D eigenvalue weighted by molar-refractivity contribution is 7.89. The number of likely N-dealkylation sites (N-methyl/N-ethyl adjacent to an activating group) is 1. The van der Waals surface area contributed by atoms with E-state index in [2.05, 4.69) is 0 Å². The van der Waals surface area contributed by atoms with Gasteiger partial charge in [0, 0.05) is 18.7 Å². The summed E-state index contributed by atoms with van der Waals surface area (Å²) >= 11 is 4.81. The van der Waals surface area contributed by atoms with E-state index in [0.717, 1.165) is 4.31 Å². The lowest BCUT2D eigenvalue weighted by molar-refractivity contribution is 0.214. The van der Waals surface area contributed by atoms with Crippen molar-refractivity contribution in [2.75, 3.05) is 13.7 Å². The molecule has 0 aromatic heterocycles. The number of rotatable bonds is 5. The molecule has 7 heteroatoms. The molecule has 0 aliphatic heterocycles. The zero-order valence-electron chi connectivity index (χ0n) is 10.2. The van der Waals surface area contributed by atoms with Crippen molar-refractivity contribution >= 4 is 27.2 Å². The van der Waals surface area contributed by atoms with Crippen LogP contribution in [0.25, 0.3) is 0 Å². The second-order valence-electron chi connectivity index (χ2n) is 3.94. The molecule has 1 atom stereocenters. The third-order valence-electron chi connectivity index (χ3n) is 2.68. The molecule has 0 saturated carbocycles. The zero-order chi connectivity index (χ0) is 13.9. The van der Waals surface area contributed by atoms with Crippen LogP contribution in [-0.4, -0.2) is 42.5 Å². The normalized spacial score (nSPS) is 13.6. The van der Waals surface area contributed by atoms with Crippen LogP contribution in [0.4, 0.5) is 0 Å². The number of benzene rings is 1. The Labute approximate surface area is 112 Å². The van der Waals surface area contributed by atoms with E-state index < -0.39 is 16.1 Å². The Morgan fingerprint density at radius 1 is 1.56 bits per heavy atom. The molecule has 5 nitrogen and oxygen atoms in total. The number of nitrogens with zero attached hydrogens (tertiary/aromatic N) is 1. The molecule has 0 heterocycles. The van der Waals surface area contributed by atoms with Crippen LogP contribution in [0.5, 0.6) is 0 Å². The first-order valence-electron chi connectivity index (χ1n) is 5.29. The maximum Gasteiger partial charge on any atom is 0.243 e. The van der Waals surface area contributed by atoms with Gasteiger partial charge in [0.25, 0.3) is 0 Å². The van der Waals surface area contributed by atoms with Crippen LogP contribution < -0.4 is 5.73 Å². The number of aliphatic hydroxyl groups is 1. The van der Waals surface area contributed by atoms with Gasteiger partial charge in [0.1, 0.15) is 4.99 Å². The fraction of sp³-hybridized carbons (Fsp3) is 0.364. The Kier molecular flexibility index (Phi) is 4.80. The molecule has 1 aromatic carbocycles. The third-order valence-corrected chi connectivity index (χ3v) is 4.88. The van der Waals surface area contributed by atoms with Crippen LogP contribution in [0.15, 0.2) is 29.2 Å². The maximum absolute atomic E-state index is 12.2. The van der Waals surface area contributed by atoms with Gasteiger partial charge in [0.15, 0.2) is 0 Å². The molecule has 3 N–H and O–H groups in total. The molecule has 0 amide bonds. The fourth-order valence-electron chi connectivity index (χ4n) is 1.33. The van der Waals surface area contributed by atoms with Crippen molar-refractivity contribution in [2.24, 2.45) is 5.73 Å². The largest absolute Gasteiger partial charge is 0.395 e. The first-order chi connectivity index (χ1) is 8.30. The SMILES string of the molecule is CC(CO)N(C)S(=O)(=O)c1cccc(C(N)=S)c1. The average molecular weight is 288 g/mol. The Morgan fingerprint density at radius 3 is 2.67 bits per heavy atom. The van der Waals surface area contributed by atoms with Crippen LogP contribution in [0.3, 0.4) is 0 Å². The van der Waals surface area contributed by atoms with Crippen LogP contribution >= 0.6 is 12.2 Å². The van der Waals surface area contributed by atoms with Gasteiger partial charge in [-0.15, -0.1) is 0 Å². The smallest absolute Gasteiger partial charge is 0.243 e. The second kappa shape index (κ2) is 5.75. The maximum atomic E-state index is 12.2. The van der Waals surface area contributed by atoms with Crippen LogP contribution in [0.1, 0.15) is 12.5 Å². The summed E-state index contributed by atoms with van der Waals surface area (Å²) < 4.78 is 25.6. The van der Waals surface area contributed by atoms with Gasteiger partial charge >= 0.3 is 0 Å². The summed E-state index contributed by atoms with van der Waals surface area (Å²) in [6.45, 7) is 1.37. The van der Waals surface area contributed by atoms with E-state index >= 15 is 0 Å². The molecule has 0 aliphatic rings. The Bertz CT molecular complexity index is 543. The number of aliphatic hydroxyl groups excluding tert-OH is 1. The standard InChI is InChI=1S/C11H16N2O3S2/c1-8(7-14)13(2)18(15,16)10-5-3-4-9(6-10)11(12)17/h3-6,8,14H,7H2,1-2H3,(H2,12,17). The van der Waals surface area contributed by atoms with Gasteiger partial charge in [0.2, 0.25) is 10.0 Å². The minimum absolute atomic E-state index is 0.107. The molecule has 1 aromatic rings. The number of hydrogen-bond acceptors (Lipinski definition) is 4. The van der Waals surface area contributed by atoms with Crippen molar-refractivity contribution in [2.45, 2.75) is 17.9 Å². The summed E-state index contributed by atoms with van der Waals surface area (Å²) in [4.78, 5) is 0.250. The first-order valence-corrected chi connectivity index (χ1v) is 7.14. The van der Waals surface area contributed by atoms with Crippen LogP contribution in [0.2, 0.25) is 0 Å². The molecule has 0 saturated heterocycles. The van der Waals surface area contributed by atoms with E-state index in [4.69, 9.17) is 23.1 Å². The Morgan fingerprint density at radius 2 is 2.17 bits per heavy atom. The highest BCUT2D eigenvalue weighted by Gasteiger charge is 2.25. The number of nitrogens with two attached hydrogens (primary N) is 1.